The number of nitrogens with zero attached hydrogens (tertiary/aromatic N) is 1. The maximum absolute atomic E-state index is 11.6. The minimum atomic E-state index is -0.176. The first-order chi connectivity index (χ1) is 7.25. The Morgan fingerprint density at radius 3 is 2.67 bits per heavy atom. The largest absolute Gasteiger partial charge is 0.389 e. The van der Waals surface area contributed by atoms with Crippen LogP contribution >= 0.6 is 11.3 Å². The van der Waals surface area contributed by atoms with E-state index in [1.165, 1.54) is 17.5 Å². The predicted octanol–water partition coefficient (Wildman–Crippen LogP) is 1.98. The van der Waals surface area contributed by atoms with Gasteiger partial charge in [0.25, 0.3) is 5.91 Å². The Bertz CT molecular complexity index is 467. The molecule has 2 aromatic rings. The molecule has 15 heavy (non-hydrogen) atoms. The highest BCUT2D eigenvalue weighted by atomic mass is 32.1. The van der Waals surface area contributed by atoms with Crippen molar-refractivity contribution in [1.82, 2.24) is 4.98 Å². The fraction of sp³-hybridized carbons (Fsp3) is 0. The SMILES string of the molecule is Nc1cnc(NC(=O)c2ccccc2)s1. The van der Waals surface area contributed by atoms with Crippen molar-refractivity contribution < 1.29 is 4.79 Å². The third kappa shape index (κ3) is 2.32. The number of hydrogen-bond acceptors (Lipinski definition) is 4. The van der Waals surface area contributed by atoms with Gasteiger partial charge >= 0.3 is 0 Å². The molecule has 0 aliphatic heterocycles. The minimum absolute atomic E-state index is 0.176. The molecule has 0 spiro atoms. The quantitative estimate of drug-likeness (QED) is 0.811. The molecule has 1 aromatic heterocycles. The van der Waals surface area contributed by atoms with E-state index < -0.39 is 0 Å². The van der Waals surface area contributed by atoms with Crippen molar-refractivity contribution in [3.8, 4) is 0 Å². The molecule has 0 fully saturated rings. The van der Waals surface area contributed by atoms with Crippen molar-refractivity contribution in [3.63, 3.8) is 0 Å². The molecule has 0 aliphatic rings. The zero-order chi connectivity index (χ0) is 10.7. The van der Waals surface area contributed by atoms with Crippen LogP contribution in [0.5, 0.6) is 0 Å². The number of aromatic nitrogens is 1. The van der Waals surface area contributed by atoms with Crippen molar-refractivity contribution in [3.05, 3.63) is 42.1 Å². The van der Waals surface area contributed by atoms with E-state index in [1.807, 2.05) is 18.2 Å². The molecule has 1 heterocycles. The van der Waals surface area contributed by atoms with Crippen molar-refractivity contribution in [2.75, 3.05) is 11.1 Å². The molecule has 5 heteroatoms. The molecule has 3 N–H and O–H groups in total. The number of anilines is 2. The van der Waals surface area contributed by atoms with Crippen LogP contribution < -0.4 is 11.1 Å². The van der Waals surface area contributed by atoms with E-state index >= 15 is 0 Å². The minimum Gasteiger partial charge on any atom is -0.389 e. The van der Waals surface area contributed by atoms with Gasteiger partial charge in [-0.3, -0.25) is 10.1 Å². The normalized spacial score (nSPS) is 9.87. The summed E-state index contributed by atoms with van der Waals surface area (Å²) in [6.45, 7) is 0. The van der Waals surface area contributed by atoms with Crippen molar-refractivity contribution >= 4 is 27.4 Å². The molecule has 1 amide bonds. The van der Waals surface area contributed by atoms with Crippen LogP contribution in [-0.4, -0.2) is 10.9 Å². The monoisotopic (exact) mass is 219 g/mol. The fourth-order valence-electron chi connectivity index (χ4n) is 1.10. The molecule has 0 aliphatic carbocycles. The zero-order valence-corrected chi connectivity index (χ0v) is 8.62. The topological polar surface area (TPSA) is 68.0 Å². The number of rotatable bonds is 2. The summed E-state index contributed by atoms with van der Waals surface area (Å²) in [5, 5.41) is 3.76. The van der Waals surface area contributed by atoms with Crippen LogP contribution in [-0.2, 0) is 0 Å². The lowest BCUT2D eigenvalue weighted by Gasteiger charge is -2.00. The van der Waals surface area contributed by atoms with E-state index in [0.717, 1.165) is 0 Å². The first-order valence-corrected chi connectivity index (χ1v) is 5.15. The molecule has 4 nitrogen and oxygen atoms in total. The standard InChI is InChI=1S/C10H9N3OS/c11-8-6-12-10(15-8)13-9(14)7-4-2-1-3-5-7/h1-6H,11H2,(H,12,13,14). The van der Waals surface area contributed by atoms with E-state index in [1.54, 1.807) is 12.1 Å². The van der Waals surface area contributed by atoms with E-state index in [0.29, 0.717) is 15.7 Å². The van der Waals surface area contributed by atoms with E-state index in [2.05, 4.69) is 10.3 Å². The highest BCUT2D eigenvalue weighted by Gasteiger charge is 2.06. The highest BCUT2D eigenvalue weighted by molar-refractivity contribution is 7.19. The van der Waals surface area contributed by atoms with Crippen LogP contribution in [0, 0.1) is 0 Å². The van der Waals surface area contributed by atoms with Gasteiger partial charge < -0.3 is 5.73 Å². The Morgan fingerprint density at radius 1 is 1.33 bits per heavy atom. The number of carbonyl (C=O) groups is 1. The van der Waals surface area contributed by atoms with Gasteiger partial charge in [-0.25, -0.2) is 4.98 Å². The predicted molar refractivity (Wildman–Crippen MR) is 60.9 cm³/mol. The molecule has 0 atom stereocenters. The van der Waals surface area contributed by atoms with Crippen molar-refractivity contribution in [2.45, 2.75) is 0 Å². The summed E-state index contributed by atoms with van der Waals surface area (Å²) in [5.74, 6) is -0.176. The molecule has 0 unspecified atom stereocenters. The third-order valence-electron chi connectivity index (χ3n) is 1.78. The fourth-order valence-corrected chi connectivity index (χ4v) is 1.68. The van der Waals surface area contributed by atoms with Crippen molar-refractivity contribution in [1.29, 1.82) is 0 Å². The third-order valence-corrected chi connectivity index (χ3v) is 2.52. The maximum Gasteiger partial charge on any atom is 0.257 e. The first kappa shape index (κ1) is 9.67. The smallest absolute Gasteiger partial charge is 0.257 e. The number of nitrogen functional groups attached to an aromatic ring is 1. The number of nitrogens with one attached hydrogen (secondary N) is 1. The highest BCUT2D eigenvalue weighted by Crippen LogP contribution is 2.19. The number of amides is 1. The Labute approximate surface area is 90.8 Å². The number of thiazole rings is 1. The Morgan fingerprint density at radius 2 is 2.07 bits per heavy atom. The molecule has 0 saturated heterocycles. The first-order valence-electron chi connectivity index (χ1n) is 4.33. The summed E-state index contributed by atoms with van der Waals surface area (Å²) in [5.41, 5.74) is 6.10. The summed E-state index contributed by atoms with van der Waals surface area (Å²) in [7, 11) is 0. The Hall–Kier alpha value is -1.88. The van der Waals surface area contributed by atoms with Crippen LogP contribution in [0.1, 0.15) is 10.4 Å². The van der Waals surface area contributed by atoms with E-state index in [9.17, 15) is 4.79 Å². The van der Waals surface area contributed by atoms with E-state index in [-0.39, 0.29) is 5.91 Å². The Balaban J connectivity index is 2.11. The van der Waals surface area contributed by atoms with Gasteiger partial charge in [-0.15, -0.1) is 0 Å². The number of benzene rings is 1. The van der Waals surface area contributed by atoms with Crippen LogP contribution in [0.25, 0.3) is 0 Å². The summed E-state index contributed by atoms with van der Waals surface area (Å²) < 4.78 is 0. The maximum atomic E-state index is 11.6. The zero-order valence-electron chi connectivity index (χ0n) is 7.81. The molecule has 2 rings (SSSR count). The second kappa shape index (κ2) is 4.10. The average Bonchev–Trinajstić information content (AvgIpc) is 2.65. The summed E-state index contributed by atoms with van der Waals surface area (Å²) in [6.07, 6.45) is 1.52. The lowest BCUT2D eigenvalue weighted by molar-refractivity contribution is 0.102. The summed E-state index contributed by atoms with van der Waals surface area (Å²) >= 11 is 1.25. The Kier molecular flexibility index (Phi) is 2.64. The molecule has 0 bridgehead atoms. The van der Waals surface area contributed by atoms with Crippen molar-refractivity contribution in [2.24, 2.45) is 0 Å². The van der Waals surface area contributed by atoms with Gasteiger partial charge in [-0.2, -0.15) is 0 Å². The summed E-state index contributed by atoms with van der Waals surface area (Å²) in [6, 6.07) is 8.97. The number of hydrogen-bond donors (Lipinski definition) is 2. The molecule has 0 radical (unpaired) electrons. The second-order valence-corrected chi connectivity index (χ2v) is 3.95. The van der Waals surface area contributed by atoms with Gasteiger partial charge in [0.05, 0.1) is 6.20 Å². The van der Waals surface area contributed by atoms with Gasteiger partial charge in [0.2, 0.25) is 0 Å². The van der Waals surface area contributed by atoms with E-state index in [4.69, 9.17) is 5.73 Å². The number of carbonyl (C=O) groups excluding carboxylic acids is 1. The van der Waals surface area contributed by atoms with Crippen LogP contribution in [0.4, 0.5) is 10.1 Å². The van der Waals surface area contributed by atoms with Crippen LogP contribution in [0.15, 0.2) is 36.5 Å². The van der Waals surface area contributed by atoms with Gasteiger partial charge in [0.1, 0.15) is 5.00 Å². The molecule has 0 saturated carbocycles. The number of nitrogens with two attached hydrogens (primary N) is 1. The average molecular weight is 219 g/mol. The van der Waals surface area contributed by atoms with Gasteiger partial charge in [0.15, 0.2) is 5.13 Å². The second-order valence-electron chi connectivity index (χ2n) is 2.89. The van der Waals surface area contributed by atoms with Crippen LogP contribution in [0.2, 0.25) is 0 Å². The van der Waals surface area contributed by atoms with Gasteiger partial charge in [0, 0.05) is 5.56 Å². The van der Waals surface area contributed by atoms with Gasteiger partial charge in [-0.05, 0) is 12.1 Å². The van der Waals surface area contributed by atoms with Crippen LogP contribution in [0.3, 0.4) is 0 Å². The lowest BCUT2D eigenvalue weighted by atomic mass is 10.2. The molecule has 1 aromatic carbocycles. The lowest BCUT2D eigenvalue weighted by Crippen LogP contribution is -2.11. The molecule has 76 valence electrons. The molecular weight excluding hydrogens is 210 g/mol. The summed E-state index contributed by atoms with van der Waals surface area (Å²) in [4.78, 5) is 15.6. The molecular formula is C10H9N3OS. The van der Waals surface area contributed by atoms with Gasteiger partial charge in [-0.1, -0.05) is 29.5 Å².